The standard InChI is InChI=1S/C17H29N3O4/c1-3-4-5-6-15(23)19-8-14-9-20(11-17(14,10-19)12-21)16(24)7-18-13(2)22/h14,21H,3-12H2,1-2H3,(H,18,22). The first kappa shape index (κ1) is 18.7. The number of hydrogen-bond donors (Lipinski definition) is 2. The van der Waals surface area contributed by atoms with Gasteiger partial charge in [-0.2, -0.15) is 0 Å². The molecule has 0 radical (unpaired) electrons. The number of likely N-dealkylation sites (tertiary alicyclic amines) is 2. The predicted octanol–water partition coefficient (Wildman–Crippen LogP) is -0.0179. The number of nitrogens with zero attached hydrogens (tertiary/aromatic N) is 2. The molecule has 0 aliphatic carbocycles. The fourth-order valence-corrected chi connectivity index (χ4v) is 3.78. The van der Waals surface area contributed by atoms with Crippen LogP contribution in [0.25, 0.3) is 0 Å². The van der Waals surface area contributed by atoms with Gasteiger partial charge in [-0.15, -0.1) is 0 Å². The Balaban J connectivity index is 1.91. The van der Waals surface area contributed by atoms with E-state index in [1.807, 2.05) is 4.90 Å². The third kappa shape index (κ3) is 4.06. The number of hydrogen-bond acceptors (Lipinski definition) is 4. The van der Waals surface area contributed by atoms with Crippen molar-refractivity contribution in [1.29, 1.82) is 0 Å². The van der Waals surface area contributed by atoms with E-state index >= 15 is 0 Å². The molecule has 0 aromatic carbocycles. The van der Waals surface area contributed by atoms with Gasteiger partial charge in [0.05, 0.1) is 13.2 Å². The minimum atomic E-state index is -0.410. The highest BCUT2D eigenvalue weighted by molar-refractivity contribution is 5.84. The quantitative estimate of drug-likeness (QED) is 0.638. The zero-order chi connectivity index (χ0) is 17.7. The van der Waals surface area contributed by atoms with Crippen molar-refractivity contribution in [2.75, 3.05) is 39.3 Å². The summed E-state index contributed by atoms with van der Waals surface area (Å²) in [7, 11) is 0. The summed E-state index contributed by atoms with van der Waals surface area (Å²) in [5.41, 5.74) is -0.410. The van der Waals surface area contributed by atoms with Crippen molar-refractivity contribution < 1.29 is 19.5 Å². The van der Waals surface area contributed by atoms with E-state index < -0.39 is 5.41 Å². The monoisotopic (exact) mass is 339 g/mol. The molecule has 2 aliphatic rings. The molecule has 2 unspecified atom stereocenters. The Morgan fingerprint density at radius 1 is 1.12 bits per heavy atom. The molecule has 136 valence electrons. The van der Waals surface area contributed by atoms with Crippen LogP contribution in [0.15, 0.2) is 0 Å². The van der Waals surface area contributed by atoms with Crippen molar-refractivity contribution in [2.24, 2.45) is 11.3 Å². The average Bonchev–Trinajstić information content (AvgIpc) is 3.07. The van der Waals surface area contributed by atoms with Crippen LogP contribution in [0.4, 0.5) is 0 Å². The highest BCUT2D eigenvalue weighted by Gasteiger charge is 2.53. The molecule has 2 rings (SSSR count). The van der Waals surface area contributed by atoms with E-state index in [9.17, 15) is 19.5 Å². The normalized spacial score (nSPS) is 25.7. The van der Waals surface area contributed by atoms with Crippen LogP contribution in [0.2, 0.25) is 0 Å². The van der Waals surface area contributed by atoms with E-state index in [-0.39, 0.29) is 36.8 Å². The first-order valence-corrected chi connectivity index (χ1v) is 8.82. The number of rotatable bonds is 7. The van der Waals surface area contributed by atoms with Gasteiger partial charge in [0.15, 0.2) is 0 Å². The third-order valence-electron chi connectivity index (χ3n) is 5.26. The third-order valence-corrected chi connectivity index (χ3v) is 5.26. The smallest absolute Gasteiger partial charge is 0.241 e. The van der Waals surface area contributed by atoms with Crippen LogP contribution in [0.3, 0.4) is 0 Å². The lowest BCUT2D eigenvalue weighted by molar-refractivity contribution is -0.133. The summed E-state index contributed by atoms with van der Waals surface area (Å²) in [6.07, 6.45) is 3.61. The molecule has 2 heterocycles. The maximum absolute atomic E-state index is 12.3. The number of aliphatic hydroxyl groups is 1. The van der Waals surface area contributed by atoms with Gasteiger partial charge in [0, 0.05) is 50.9 Å². The fourth-order valence-electron chi connectivity index (χ4n) is 3.78. The molecule has 24 heavy (non-hydrogen) atoms. The van der Waals surface area contributed by atoms with Crippen LogP contribution in [-0.2, 0) is 14.4 Å². The summed E-state index contributed by atoms with van der Waals surface area (Å²) in [5, 5.41) is 12.4. The maximum Gasteiger partial charge on any atom is 0.241 e. The van der Waals surface area contributed by atoms with Crippen LogP contribution in [-0.4, -0.2) is 72.0 Å². The summed E-state index contributed by atoms with van der Waals surface area (Å²) in [4.78, 5) is 39.0. The van der Waals surface area contributed by atoms with Gasteiger partial charge in [0.2, 0.25) is 17.7 Å². The topological polar surface area (TPSA) is 90.0 Å². The zero-order valence-corrected chi connectivity index (χ0v) is 14.7. The molecule has 2 N–H and O–H groups in total. The van der Waals surface area contributed by atoms with Crippen molar-refractivity contribution in [3.63, 3.8) is 0 Å². The highest BCUT2D eigenvalue weighted by Crippen LogP contribution is 2.42. The molecule has 0 aromatic heterocycles. The first-order chi connectivity index (χ1) is 11.4. The molecule has 7 heteroatoms. The lowest BCUT2D eigenvalue weighted by Crippen LogP contribution is -2.43. The summed E-state index contributed by atoms with van der Waals surface area (Å²) < 4.78 is 0. The second-order valence-corrected chi connectivity index (χ2v) is 7.13. The lowest BCUT2D eigenvalue weighted by atomic mass is 9.82. The van der Waals surface area contributed by atoms with E-state index in [1.54, 1.807) is 4.90 Å². The van der Waals surface area contributed by atoms with Crippen LogP contribution in [0.1, 0.15) is 39.5 Å². The average molecular weight is 339 g/mol. The molecule has 0 bridgehead atoms. The van der Waals surface area contributed by atoms with Crippen molar-refractivity contribution in [2.45, 2.75) is 39.5 Å². The minimum absolute atomic E-state index is 0.0107. The Morgan fingerprint density at radius 2 is 1.75 bits per heavy atom. The Hall–Kier alpha value is -1.63. The summed E-state index contributed by atoms with van der Waals surface area (Å²) >= 11 is 0. The number of carbonyl (C=O) groups excluding carboxylic acids is 3. The summed E-state index contributed by atoms with van der Waals surface area (Å²) in [5.74, 6) is -0.0996. The summed E-state index contributed by atoms with van der Waals surface area (Å²) in [6, 6.07) is 0. The molecule has 2 atom stereocenters. The molecule has 2 saturated heterocycles. The second-order valence-electron chi connectivity index (χ2n) is 7.13. The van der Waals surface area contributed by atoms with Crippen LogP contribution in [0, 0.1) is 11.3 Å². The van der Waals surface area contributed by atoms with E-state index in [0.717, 1.165) is 19.3 Å². The van der Waals surface area contributed by atoms with Crippen molar-refractivity contribution in [1.82, 2.24) is 15.1 Å². The zero-order valence-electron chi connectivity index (χ0n) is 14.7. The number of unbranched alkanes of at least 4 members (excludes halogenated alkanes) is 2. The molecule has 7 nitrogen and oxygen atoms in total. The van der Waals surface area contributed by atoms with E-state index in [0.29, 0.717) is 32.6 Å². The van der Waals surface area contributed by atoms with Gasteiger partial charge in [0.1, 0.15) is 0 Å². The number of aliphatic hydroxyl groups excluding tert-OH is 1. The number of nitrogens with one attached hydrogen (secondary N) is 1. The Bertz CT molecular complexity index is 496. The molecule has 2 aliphatic heterocycles. The molecule has 0 saturated carbocycles. The lowest BCUT2D eigenvalue weighted by Gasteiger charge is -2.27. The van der Waals surface area contributed by atoms with Crippen molar-refractivity contribution >= 4 is 17.7 Å². The van der Waals surface area contributed by atoms with Gasteiger partial charge in [-0.05, 0) is 6.42 Å². The van der Waals surface area contributed by atoms with Crippen LogP contribution in [0.5, 0.6) is 0 Å². The molecular weight excluding hydrogens is 310 g/mol. The molecule has 2 fully saturated rings. The van der Waals surface area contributed by atoms with Crippen molar-refractivity contribution in [3.05, 3.63) is 0 Å². The van der Waals surface area contributed by atoms with E-state index in [2.05, 4.69) is 12.2 Å². The minimum Gasteiger partial charge on any atom is -0.396 e. The van der Waals surface area contributed by atoms with E-state index in [4.69, 9.17) is 0 Å². The molecule has 3 amide bonds. The fraction of sp³-hybridized carbons (Fsp3) is 0.824. The summed E-state index contributed by atoms with van der Waals surface area (Å²) in [6.45, 7) is 5.56. The van der Waals surface area contributed by atoms with Gasteiger partial charge in [0.25, 0.3) is 0 Å². The largest absolute Gasteiger partial charge is 0.396 e. The first-order valence-electron chi connectivity index (χ1n) is 8.82. The van der Waals surface area contributed by atoms with E-state index in [1.165, 1.54) is 6.92 Å². The molecule has 0 aromatic rings. The Kier molecular flexibility index (Phi) is 6.21. The number of carbonyl (C=O) groups is 3. The molecular formula is C17H29N3O4. The Morgan fingerprint density at radius 3 is 2.25 bits per heavy atom. The second kappa shape index (κ2) is 7.96. The maximum atomic E-state index is 12.3. The van der Waals surface area contributed by atoms with Gasteiger partial charge in [-0.25, -0.2) is 0 Å². The van der Waals surface area contributed by atoms with Crippen LogP contribution >= 0.6 is 0 Å². The van der Waals surface area contributed by atoms with Crippen LogP contribution < -0.4 is 5.32 Å². The van der Waals surface area contributed by atoms with Gasteiger partial charge in [-0.3, -0.25) is 14.4 Å². The highest BCUT2D eigenvalue weighted by atomic mass is 16.3. The number of fused-ring (bicyclic) bond motifs is 1. The van der Waals surface area contributed by atoms with Crippen molar-refractivity contribution in [3.8, 4) is 0 Å². The van der Waals surface area contributed by atoms with Gasteiger partial charge >= 0.3 is 0 Å². The number of amides is 3. The molecule has 0 spiro atoms. The Labute approximate surface area is 143 Å². The van der Waals surface area contributed by atoms with Gasteiger partial charge in [-0.1, -0.05) is 19.8 Å². The SMILES string of the molecule is CCCCCC(=O)N1CC2CN(C(=O)CNC(C)=O)CC2(CO)C1. The van der Waals surface area contributed by atoms with Gasteiger partial charge < -0.3 is 20.2 Å². The predicted molar refractivity (Wildman–Crippen MR) is 89.0 cm³/mol.